The molecule has 0 aromatic heterocycles. The van der Waals surface area contributed by atoms with E-state index in [1.54, 1.807) is 0 Å². The zero-order chi connectivity index (χ0) is 11.2. The fourth-order valence-electron chi connectivity index (χ4n) is 1.12. The van der Waals surface area contributed by atoms with E-state index in [2.05, 4.69) is 6.92 Å². The lowest BCUT2D eigenvalue weighted by atomic mass is 10.1. The average Bonchev–Trinajstić information content (AvgIpc) is 1.96. The maximum absolute atomic E-state index is 11.3. The number of rotatable bonds is 5. The summed E-state index contributed by atoms with van der Waals surface area (Å²) in [5, 5.41) is 9.45. The molecule has 3 nitrogen and oxygen atoms in total. The van der Waals surface area contributed by atoms with Crippen LogP contribution in [0.4, 0.5) is 0 Å². The number of ether oxygens (including phenoxy) is 1. The standard InChI is InChI=1S/C11H22O3/c1-5-6-7-9(12)8-10(13)14-11(2,3)4/h9,12H,5-8H2,1-4H3. The normalized spacial score (nSPS) is 13.8. The predicted molar refractivity (Wildman–Crippen MR) is 56.0 cm³/mol. The molecule has 0 aromatic rings. The maximum Gasteiger partial charge on any atom is 0.308 e. The summed E-state index contributed by atoms with van der Waals surface area (Å²) in [5.74, 6) is -0.318. The van der Waals surface area contributed by atoms with Gasteiger partial charge in [0.15, 0.2) is 0 Å². The number of aliphatic hydroxyl groups excluding tert-OH is 1. The summed E-state index contributed by atoms with van der Waals surface area (Å²) in [5.41, 5.74) is -0.457. The zero-order valence-corrected chi connectivity index (χ0v) is 9.67. The molecular formula is C11H22O3. The lowest BCUT2D eigenvalue weighted by Gasteiger charge is -2.20. The third kappa shape index (κ3) is 8.05. The van der Waals surface area contributed by atoms with Gasteiger partial charge < -0.3 is 9.84 Å². The molecule has 1 atom stereocenters. The van der Waals surface area contributed by atoms with Gasteiger partial charge in [-0.2, -0.15) is 0 Å². The van der Waals surface area contributed by atoms with E-state index < -0.39 is 11.7 Å². The van der Waals surface area contributed by atoms with Gasteiger partial charge in [-0.15, -0.1) is 0 Å². The van der Waals surface area contributed by atoms with Crippen LogP contribution in [0.3, 0.4) is 0 Å². The van der Waals surface area contributed by atoms with Crippen LogP contribution in [0.25, 0.3) is 0 Å². The molecule has 0 aromatic carbocycles. The van der Waals surface area contributed by atoms with Crippen LogP contribution in [0.5, 0.6) is 0 Å². The molecule has 0 bridgehead atoms. The summed E-state index contributed by atoms with van der Waals surface area (Å²) in [7, 11) is 0. The summed E-state index contributed by atoms with van der Waals surface area (Å²) < 4.78 is 5.09. The average molecular weight is 202 g/mol. The van der Waals surface area contributed by atoms with Crippen molar-refractivity contribution >= 4 is 5.97 Å². The molecule has 84 valence electrons. The first-order valence-corrected chi connectivity index (χ1v) is 5.25. The van der Waals surface area contributed by atoms with Crippen molar-refractivity contribution in [3.8, 4) is 0 Å². The highest BCUT2D eigenvalue weighted by Crippen LogP contribution is 2.11. The molecule has 0 amide bonds. The number of unbranched alkanes of at least 4 members (excludes halogenated alkanes) is 1. The van der Waals surface area contributed by atoms with Gasteiger partial charge in [-0.1, -0.05) is 19.8 Å². The molecular weight excluding hydrogens is 180 g/mol. The molecule has 0 rings (SSSR count). The molecule has 0 radical (unpaired) electrons. The van der Waals surface area contributed by atoms with E-state index in [0.29, 0.717) is 6.42 Å². The zero-order valence-electron chi connectivity index (χ0n) is 9.67. The molecule has 0 spiro atoms. The summed E-state index contributed by atoms with van der Waals surface area (Å²) in [6.07, 6.45) is 2.22. The van der Waals surface area contributed by atoms with Gasteiger partial charge in [-0.05, 0) is 27.2 Å². The minimum atomic E-state index is -0.551. The van der Waals surface area contributed by atoms with Crippen LogP contribution in [0, 0.1) is 0 Å². The maximum atomic E-state index is 11.3. The molecule has 1 N–H and O–H groups in total. The quantitative estimate of drug-likeness (QED) is 0.696. The number of hydrogen-bond acceptors (Lipinski definition) is 3. The van der Waals surface area contributed by atoms with Crippen LogP contribution in [-0.2, 0) is 9.53 Å². The van der Waals surface area contributed by atoms with Crippen molar-refractivity contribution in [1.29, 1.82) is 0 Å². The van der Waals surface area contributed by atoms with E-state index in [1.807, 2.05) is 20.8 Å². The van der Waals surface area contributed by atoms with E-state index in [-0.39, 0.29) is 12.4 Å². The van der Waals surface area contributed by atoms with E-state index in [1.165, 1.54) is 0 Å². The highest BCUT2D eigenvalue weighted by atomic mass is 16.6. The number of esters is 1. The minimum absolute atomic E-state index is 0.108. The Labute approximate surface area is 86.5 Å². The van der Waals surface area contributed by atoms with Gasteiger partial charge in [0, 0.05) is 0 Å². The van der Waals surface area contributed by atoms with Gasteiger partial charge in [-0.25, -0.2) is 0 Å². The number of hydrogen-bond donors (Lipinski definition) is 1. The number of carbonyl (C=O) groups excluding carboxylic acids is 1. The second-order valence-corrected chi connectivity index (χ2v) is 4.59. The molecule has 1 unspecified atom stereocenters. The highest BCUT2D eigenvalue weighted by molar-refractivity contribution is 5.70. The Hall–Kier alpha value is -0.570. The smallest absolute Gasteiger partial charge is 0.308 e. The molecule has 0 aliphatic carbocycles. The molecule has 0 saturated carbocycles. The van der Waals surface area contributed by atoms with Gasteiger partial charge in [0.1, 0.15) is 5.60 Å². The molecule has 14 heavy (non-hydrogen) atoms. The summed E-state index contributed by atoms with van der Waals surface area (Å²) >= 11 is 0. The fourth-order valence-corrected chi connectivity index (χ4v) is 1.12. The van der Waals surface area contributed by atoms with Crippen molar-refractivity contribution in [2.45, 2.75) is 65.1 Å². The molecule has 0 aliphatic heterocycles. The molecule has 0 heterocycles. The topological polar surface area (TPSA) is 46.5 Å². The SMILES string of the molecule is CCCCC(O)CC(=O)OC(C)(C)C. The summed E-state index contributed by atoms with van der Waals surface area (Å²) in [4.78, 5) is 11.3. The van der Waals surface area contributed by atoms with Crippen molar-refractivity contribution in [1.82, 2.24) is 0 Å². The van der Waals surface area contributed by atoms with Crippen LogP contribution < -0.4 is 0 Å². The van der Waals surface area contributed by atoms with Gasteiger partial charge in [-0.3, -0.25) is 4.79 Å². The molecule has 3 heteroatoms. The van der Waals surface area contributed by atoms with Crippen molar-refractivity contribution in [3.63, 3.8) is 0 Å². The number of carbonyl (C=O) groups is 1. The second kappa shape index (κ2) is 6.02. The van der Waals surface area contributed by atoms with Crippen molar-refractivity contribution in [2.24, 2.45) is 0 Å². The monoisotopic (exact) mass is 202 g/mol. The third-order valence-electron chi connectivity index (χ3n) is 1.71. The van der Waals surface area contributed by atoms with Crippen molar-refractivity contribution in [3.05, 3.63) is 0 Å². The van der Waals surface area contributed by atoms with Gasteiger partial charge in [0.25, 0.3) is 0 Å². The first kappa shape index (κ1) is 13.4. The lowest BCUT2D eigenvalue weighted by Crippen LogP contribution is -2.26. The van der Waals surface area contributed by atoms with E-state index in [0.717, 1.165) is 12.8 Å². The summed E-state index contributed by atoms with van der Waals surface area (Å²) in [6, 6.07) is 0. The predicted octanol–water partition coefficient (Wildman–Crippen LogP) is 2.27. The van der Waals surface area contributed by atoms with Crippen molar-refractivity contribution < 1.29 is 14.6 Å². The molecule has 0 fully saturated rings. The Kier molecular flexibility index (Phi) is 5.77. The van der Waals surface area contributed by atoms with Crippen LogP contribution in [0.1, 0.15) is 53.4 Å². The lowest BCUT2D eigenvalue weighted by molar-refractivity contribution is -0.157. The van der Waals surface area contributed by atoms with Crippen LogP contribution in [0.2, 0.25) is 0 Å². The van der Waals surface area contributed by atoms with Crippen LogP contribution in [-0.4, -0.2) is 22.8 Å². The largest absolute Gasteiger partial charge is 0.460 e. The van der Waals surface area contributed by atoms with Crippen LogP contribution in [0.15, 0.2) is 0 Å². The van der Waals surface area contributed by atoms with Crippen molar-refractivity contribution in [2.75, 3.05) is 0 Å². The van der Waals surface area contributed by atoms with Crippen LogP contribution >= 0.6 is 0 Å². The Bertz CT molecular complexity index is 170. The Morgan fingerprint density at radius 1 is 1.43 bits per heavy atom. The Morgan fingerprint density at radius 2 is 2.00 bits per heavy atom. The molecule has 0 saturated heterocycles. The van der Waals surface area contributed by atoms with Gasteiger partial charge in [0.2, 0.25) is 0 Å². The third-order valence-corrected chi connectivity index (χ3v) is 1.71. The minimum Gasteiger partial charge on any atom is -0.460 e. The second-order valence-electron chi connectivity index (χ2n) is 4.59. The highest BCUT2D eigenvalue weighted by Gasteiger charge is 2.18. The van der Waals surface area contributed by atoms with E-state index in [4.69, 9.17) is 4.74 Å². The van der Waals surface area contributed by atoms with Gasteiger partial charge in [0.05, 0.1) is 12.5 Å². The van der Waals surface area contributed by atoms with E-state index >= 15 is 0 Å². The fraction of sp³-hybridized carbons (Fsp3) is 0.909. The Morgan fingerprint density at radius 3 is 2.43 bits per heavy atom. The van der Waals surface area contributed by atoms with E-state index in [9.17, 15) is 9.90 Å². The number of aliphatic hydroxyl groups is 1. The molecule has 0 aliphatic rings. The Balaban J connectivity index is 3.71. The van der Waals surface area contributed by atoms with Gasteiger partial charge >= 0.3 is 5.97 Å². The first-order valence-electron chi connectivity index (χ1n) is 5.25. The summed E-state index contributed by atoms with van der Waals surface area (Å²) in [6.45, 7) is 7.52. The first-order chi connectivity index (χ1) is 6.35.